The lowest BCUT2D eigenvalue weighted by Gasteiger charge is -2.42. The largest absolute Gasteiger partial charge is 0.361 e. The van der Waals surface area contributed by atoms with Crippen LogP contribution in [0.5, 0.6) is 0 Å². The van der Waals surface area contributed by atoms with Gasteiger partial charge in [-0.05, 0) is 41.5 Å². The van der Waals surface area contributed by atoms with Gasteiger partial charge in [0.05, 0.1) is 18.7 Å². The van der Waals surface area contributed by atoms with Crippen LogP contribution in [0.25, 0.3) is 0 Å². The first-order valence-corrected chi connectivity index (χ1v) is 10.6. The zero-order chi connectivity index (χ0) is 22.0. The predicted molar refractivity (Wildman–Crippen MR) is 115 cm³/mol. The van der Waals surface area contributed by atoms with Crippen molar-refractivity contribution in [2.24, 2.45) is 0 Å². The van der Waals surface area contributed by atoms with Crippen LogP contribution < -0.4 is 0 Å². The van der Waals surface area contributed by atoms with Crippen molar-refractivity contribution >= 4 is 11.8 Å². The maximum Gasteiger partial charge on any atom is 0.257 e. The van der Waals surface area contributed by atoms with Gasteiger partial charge in [0.1, 0.15) is 0 Å². The average Bonchev–Trinajstić information content (AvgIpc) is 3.23. The van der Waals surface area contributed by atoms with E-state index < -0.39 is 5.60 Å². The Balaban J connectivity index is 1.48. The van der Waals surface area contributed by atoms with E-state index in [9.17, 15) is 9.59 Å². The topological polar surface area (TPSA) is 88.5 Å². The molecule has 1 spiro atoms. The van der Waals surface area contributed by atoms with Crippen LogP contribution in [-0.2, 0) is 16.1 Å². The number of nitrogens with zero attached hydrogens (tertiary/aromatic N) is 5. The molecule has 2 amide bonds. The van der Waals surface area contributed by atoms with Crippen LogP contribution in [0.1, 0.15) is 27.4 Å². The Morgan fingerprint density at radius 1 is 1.03 bits per heavy atom. The van der Waals surface area contributed by atoms with Gasteiger partial charge >= 0.3 is 0 Å². The Labute approximate surface area is 185 Å². The second-order valence-corrected chi connectivity index (χ2v) is 8.09. The molecular formula is C24H23N5O3. The second kappa shape index (κ2) is 8.47. The molecule has 162 valence electrons. The number of rotatable bonds is 4. The van der Waals surface area contributed by atoms with Crippen molar-refractivity contribution in [1.29, 1.82) is 0 Å². The number of ether oxygens (including phenoxy) is 1. The zero-order valence-corrected chi connectivity index (χ0v) is 17.5. The molecule has 2 aliphatic rings. The minimum Gasteiger partial charge on any atom is -0.361 e. The van der Waals surface area contributed by atoms with Gasteiger partial charge < -0.3 is 14.5 Å². The van der Waals surface area contributed by atoms with Crippen molar-refractivity contribution in [3.05, 3.63) is 90.3 Å². The highest BCUT2D eigenvalue weighted by Crippen LogP contribution is 2.42. The van der Waals surface area contributed by atoms with Crippen molar-refractivity contribution < 1.29 is 14.3 Å². The molecule has 2 aliphatic heterocycles. The number of amides is 2. The molecule has 2 atom stereocenters. The second-order valence-electron chi connectivity index (χ2n) is 8.09. The van der Waals surface area contributed by atoms with E-state index >= 15 is 0 Å². The van der Waals surface area contributed by atoms with Crippen LogP contribution >= 0.6 is 0 Å². The minimum atomic E-state index is -1.15. The van der Waals surface area contributed by atoms with E-state index in [1.54, 1.807) is 54.2 Å². The standard InChI is InChI=1S/C24H23N5O3/c30-22(20-4-2-8-27-14-20)29-16-21(19-3-1-7-26-13-19)24(17-29)23(31)28(11-12-32-24)15-18-5-9-25-10-6-18/h1-10,13-14,21H,11-12,15-17H2/t21-,24+/m0/s1. The smallest absolute Gasteiger partial charge is 0.257 e. The molecule has 0 aromatic carbocycles. The number of pyridine rings is 3. The Kier molecular flexibility index (Phi) is 5.36. The fourth-order valence-electron chi connectivity index (χ4n) is 4.60. The number of likely N-dealkylation sites (tertiary alicyclic amines) is 1. The van der Waals surface area contributed by atoms with Crippen LogP contribution in [-0.4, -0.2) is 68.4 Å². The molecule has 2 fully saturated rings. The van der Waals surface area contributed by atoms with Gasteiger partial charge in [0.15, 0.2) is 5.60 Å². The Morgan fingerprint density at radius 3 is 2.53 bits per heavy atom. The molecule has 2 saturated heterocycles. The van der Waals surface area contributed by atoms with E-state index in [0.29, 0.717) is 31.8 Å². The Bertz CT molecular complexity index is 1100. The monoisotopic (exact) mass is 429 g/mol. The summed E-state index contributed by atoms with van der Waals surface area (Å²) in [6, 6.07) is 11.1. The van der Waals surface area contributed by atoms with E-state index in [2.05, 4.69) is 15.0 Å². The molecule has 0 aliphatic carbocycles. The normalized spacial score (nSPS) is 23.0. The van der Waals surface area contributed by atoms with Gasteiger partial charge in [-0.25, -0.2) is 0 Å². The number of morpholine rings is 1. The average molecular weight is 429 g/mol. The summed E-state index contributed by atoms with van der Waals surface area (Å²) in [6.45, 7) is 1.94. The highest BCUT2D eigenvalue weighted by Gasteiger charge is 2.58. The predicted octanol–water partition coefficient (Wildman–Crippen LogP) is 1.91. The molecule has 8 nitrogen and oxygen atoms in total. The summed E-state index contributed by atoms with van der Waals surface area (Å²) in [5.74, 6) is -0.577. The van der Waals surface area contributed by atoms with Gasteiger partial charge in [-0.1, -0.05) is 6.07 Å². The summed E-state index contributed by atoms with van der Waals surface area (Å²) in [4.78, 5) is 42.9. The lowest BCUT2D eigenvalue weighted by molar-refractivity contribution is -0.172. The van der Waals surface area contributed by atoms with E-state index in [1.807, 2.05) is 29.2 Å². The molecule has 0 bridgehead atoms. The Hall–Kier alpha value is -3.65. The zero-order valence-electron chi connectivity index (χ0n) is 17.5. The summed E-state index contributed by atoms with van der Waals surface area (Å²) in [7, 11) is 0. The first-order chi connectivity index (χ1) is 15.7. The molecule has 5 heterocycles. The summed E-state index contributed by atoms with van der Waals surface area (Å²) in [6.07, 6.45) is 10.1. The van der Waals surface area contributed by atoms with Crippen LogP contribution in [0.3, 0.4) is 0 Å². The quantitative estimate of drug-likeness (QED) is 0.630. The molecular weight excluding hydrogens is 406 g/mol. The molecule has 0 unspecified atom stereocenters. The van der Waals surface area contributed by atoms with Crippen molar-refractivity contribution in [1.82, 2.24) is 24.8 Å². The fourth-order valence-corrected chi connectivity index (χ4v) is 4.60. The van der Waals surface area contributed by atoms with Crippen LogP contribution in [0.4, 0.5) is 0 Å². The maximum atomic E-state index is 13.9. The molecule has 0 N–H and O–H groups in total. The molecule has 0 radical (unpaired) electrons. The lowest BCUT2D eigenvalue weighted by atomic mass is 9.83. The van der Waals surface area contributed by atoms with Crippen LogP contribution in [0.2, 0.25) is 0 Å². The summed E-state index contributed by atoms with van der Waals surface area (Å²) in [5, 5.41) is 0. The number of hydrogen-bond acceptors (Lipinski definition) is 6. The van der Waals surface area contributed by atoms with Crippen molar-refractivity contribution in [2.75, 3.05) is 26.2 Å². The number of carbonyl (C=O) groups is 2. The molecule has 0 saturated carbocycles. The highest BCUT2D eigenvalue weighted by atomic mass is 16.5. The van der Waals surface area contributed by atoms with Crippen molar-refractivity contribution in [3.63, 3.8) is 0 Å². The van der Waals surface area contributed by atoms with E-state index in [1.165, 1.54) is 0 Å². The van der Waals surface area contributed by atoms with Crippen molar-refractivity contribution in [3.8, 4) is 0 Å². The van der Waals surface area contributed by atoms with Gasteiger partial charge in [-0.2, -0.15) is 0 Å². The highest BCUT2D eigenvalue weighted by molar-refractivity contribution is 5.96. The van der Waals surface area contributed by atoms with Gasteiger partial charge in [0.2, 0.25) is 0 Å². The third-order valence-corrected chi connectivity index (χ3v) is 6.17. The minimum absolute atomic E-state index is 0.101. The van der Waals surface area contributed by atoms with Crippen LogP contribution in [0, 0.1) is 0 Å². The first kappa shape index (κ1) is 20.3. The van der Waals surface area contributed by atoms with E-state index in [-0.39, 0.29) is 24.3 Å². The number of aromatic nitrogens is 3. The first-order valence-electron chi connectivity index (χ1n) is 10.6. The number of carbonyl (C=O) groups excluding carboxylic acids is 2. The SMILES string of the molecule is O=C(c1cccnc1)N1C[C@@H](c2cccnc2)[C@@]2(C1)OCCN(Cc1ccncc1)C2=O. The third-order valence-electron chi connectivity index (χ3n) is 6.17. The molecule has 8 heteroatoms. The van der Waals surface area contributed by atoms with Gasteiger partial charge in [0, 0.05) is 62.7 Å². The lowest BCUT2D eigenvalue weighted by Crippen LogP contribution is -2.60. The van der Waals surface area contributed by atoms with Gasteiger partial charge in [-0.3, -0.25) is 24.5 Å². The third kappa shape index (κ3) is 3.62. The molecule has 3 aromatic heterocycles. The maximum absolute atomic E-state index is 13.9. The van der Waals surface area contributed by atoms with Gasteiger partial charge in [0.25, 0.3) is 11.8 Å². The number of hydrogen-bond donors (Lipinski definition) is 0. The summed E-state index contributed by atoms with van der Waals surface area (Å²) in [5.41, 5.74) is 1.23. The fraction of sp³-hybridized carbons (Fsp3) is 0.292. The molecule has 3 aromatic rings. The molecule has 32 heavy (non-hydrogen) atoms. The summed E-state index contributed by atoms with van der Waals surface area (Å²) >= 11 is 0. The van der Waals surface area contributed by atoms with E-state index in [0.717, 1.165) is 11.1 Å². The molecule has 5 rings (SSSR count). The van der Waals surface area contributed by atoms with Crippen LogP contribution in [0.15, 0.2) is 73.6 Å². The van der Waals surface area contributed by atoms with Crippen molar-refractivity contribution in [2.45, 2.75) is 18.1 Å². The Morgan fingerprint density at radius 2 is 1.81 bits per heavy atom. The summed E-state index contributed by atoms with van der Waals surface area (Å²) < 4.78 is 6.25. The van der Waals surface area contributed by atoms with Gasteiger partial charge in [-0.15, -0.1) is 0 Å². The van der Waals surface area contributed by atoms with E-state index in [4.69, 9.17) is 4.74 Å².